The zero-order valence-electron chi connectivity index (χ0n) is 17.2. The van der Waals surface area contributed by atoms with Crippen LogP contribution in [0.5, 0.6) is 0 Å². The summed E-state index contributed by atoms with van der Waals surface area (Å²) in [6, 6.07) is 0. The van der Waals surface area contributed by atoms with Gasteiger partial charge in [-0.05, 0) is 56.5 Å². The van der Waals surface area contributed by atoms with Crippen molar-refractivity contribution >= 4 is 0 Å². The highest BCUT2D eigenvalue weighted by atomic mass is 15.1. The van der Waals surface area contributed by atoms with E-state index in [9.17, 15) is 0 Å². The Labute approximate surface area is 147 Å². The lowest BCUT2D eigenvalue weighted by atomic mass is 9.89. The molecule has 0 aromatic heterocycles. The summed E-state index contributed by atoms with van der Waals surface area (Å²) >= 11 is 0. The number of nitrogens with zero attached hydrogens (tertiary/aromatic N) is 1. The Hall–Kier alpha value is -0.300. The van der Waals surface area contributed by atoms with Crippen LogP contribution in [0.2, 0.25) is 0 Å². The number of rotatable bonds is 15. The fourth-order valence-corrected chi connectivity index (χ4v) is 2.87. The minimum Gasteiger partial charge on any atom is -0.303 e. The van der Waals surface area contributed by atoms with Crippen molar-refractivity contribution in [1.29, 1.82) is 0 Å². The smallest absolute Gasteiger partial charge is 0.00326 e. The lowest BCUT2D eigenvalue weighted by Gasteiger charge is -2.32. The molecule has 0 saturated carbocycles. The van der Waals surface area contributed by atoms with Crippen LogP contribution < -0.4 is 0 Å². The molecule has 1 atom stereocenters. The lowest BCUT2D eigenvalue weighted by molar-refractivity contribution is 0.166. The van der Waals surface area contributed by atoms with Crippen LogP contribution in [-0.2, 0) is 0 Å². The van der Waals surface area contributed by atoms with E-state index < -0.39 is 0 Å². The SMILES string of the molecule is CCCCCC/C=C/C(C)CCN(CCCC)CC(C)(C)CC. The minimum atomic E-state index is 0.450. The van der Waals surface area contributed by atoms with Crippen molar-refractivity contribution < 1.29 is 0 Å². The Balaban J connectivity index is 4.09. The molecule has 1 unspecified atom stereocenters. The molecule has 1 heteroatoms. The average Bonchev–Trinajstić information content (AvgIpc) is 2.53. The average molecular weight is 324 g/mol. The summed E-state index contributed by atoms with van der Waals surface area (Å²) < 4.78 is 0. The van der Waals surface area contributed by atoms with Crippen LogP contribution in [0.1, 0.15) is 99.3 Å². The van der Waals surface area contributed by atoms with Crippen LogP contribution in [0.15, 0.2) is 12.2 Å². The van der Waals surface area contributed by atoms with Gasteiger partial charge in [-0.1, -0.05) is 79.4 Å². The van der Waals surface area contributed by atoms with Gasteiger partial charge in [0.05, 0.1) is 0 Å². The van der Waals surface area contributed by atoms with Crippen LogP contribution in [0.3, 0.4) is 0 Å². The van der Waals surface area contributed by atoms with Crippen LogP contribution in [0.4, 0.5) is 0 Å². The minimum absolute atomic E-state index is 0.450. The second kappa shape index (κ2) is 14.1. The van der Waals surface area contributed by atoms with Gasteiger partial charge in [0.15, 0.2) is 0 Å². The summed E-state index contributed by atoms with van der Waals surface area (Å²) in [5.41, 5.74) is 0.450. The monoisotopic (exact) mass is 323 g/mol. The van der Waals surface area contributed by atoms with Crippen molar-refractivity contribution in [2.45, 2.75) is 99.3 Å². The fraction of sp³-hybridized carbons (Fsp3) is 0.909. The van der Waals surface area contributed by atoms with Gasteiger partial charge >= 0.3 is 0 Å². The molecule has 0 rings (SSSR count). The predicted molar refractivity (Wildman–Crippen MR) is 107 cm³/mol. The van der Waals surface area contributed by atoms with E-state index in [0.717, 1.165) is 5.92 Å². The molecule has 0 radical (unpaired) electrons. The first kappa shape index (κ1) is 22.7. The van der Waals surface area contributed by atoms with Gasteiger partial charge in [0.25, 0.3) is 0 Å². The second-order valence-corrected chi connectivity index (χ2v) is 8.19. The molecule has 0 heterocycles. The Morgan fingerprint density at radius 3 is 2.22 bits per heavy atom. The van der Waals surface area contributed by atoms with E-state index in [1.165, 1.54) is 77.4 Å². The largest absolute Gasteiger partial charge is 0.303 e. The standard InChI is InChI=1S/C22H45N/c1-7-10-12-13-14-15-16-21(4)17-19-23(18-11-8-2)20-22(5,6)9-3/h15-16,21H,7-14,17-20H2,1-6H3/b16-15+. The summed E-state index contributed by atoms with van der Waals surface area (Å²) in [6.07, 6.45) is 16.8. The van der Waals surface area contributed by atoms with Crippen LogP contribution in [0, 0.1) is 11.3 Å². The summed E-state index contributed by atoms with van der Waals surface area (Å²) in [7, 11) is 0. The highest BCUT2D eigenvalue weighted by molar-refractivity contribution is 4.87. The van der Waals surface area contributed by atoms with Gasteiger partial charge in [-0.15, -0.1) is 0 Å². The zero-order valence-corrected chi connectivity index (χ0v) is 17.2. The molecule has 0 N–H and O–H groups in total. The van der Waals surface area contributed by atoms with Gasteiger partial charge in [0.1, 0.15) is 0 Å². The van der Waals surface area contributed by atoms with Crippen LogP contribution >= 0.6 is 0 Å². The first-order chi connectivity index (χ1) is 10.9. The second-order valence-electron chi connectivity index (χ2n) is 8.19. The molecule has 0 fully saturated rings. The zero-order chi connectivity index (χ0) is 17.6. The summed E-state index contributed by atoms with van der Waals surface area (Å²) in [5.74, 6) is 0.718. The van der Waals surface area contributed by atoms with Gasteiger partial charge in [0, 0.05) is 6.54 Å². The Morgan fingerprint density at radius 1 is 0.913 bits per heavy atom. The van der Waals surface area contributed by atoms with E-state index in [1.807, 2.05) is 0 Å². The third kappa shape index (κ3) is 13.8. The Morgan fingerprint density at radius 2 is 1.61 bits per heavy atom. The Kier molecular flexibility index (Phi) is 13.9. The number of hydrogen-bond acceptors (Lipinski definition) is 1. The van der Waals surface area contributed by atoms with E-state index in [1.54, 1.807) is 0 Å². The molecule has 138 valence electrons. The van der Waals surface area contributed by atoms with Crippen molar-refractivity contribution in [2.75, 3.05) is 19.6 Å². The third-order valence-corrected chi connectivity index (χ3v) is 5.03. The molecule has 0 aromatic rings. The molecule has 0 aliphatic rings. The van der Waals surface area contributed by atoms with E-state index in [2.05, 4.69) is 58.6 Å². The molecule has 0 aliphatic heterocycles. The van der Waals surface area contributed by atoms with Crippen molar-refractivity contribution in [1.82, 2.24) is 4.90 Å². The van der Waals surface area contributed by atoms with E-state index >= 15 is 0 Å². The molecule has 0 aliphatic carbocycles. The fourth-order valence-electron chi connectivity index (χ4n) is 2.87. The van der Waals surface area contributed by atoms with Crippen molar-refractivity contribution in [3.05, 3.63) is 12.2 Å². The number of allylic oxidation sites excluding steroid dienone is 2. The summed E-state index contributed by atoms with van der Waals surface area (Å²) in [6.45, 7) is 17.9. The molecule has 0 aromatic carbocycles. The van der Waals surface area contributed by atoms with Gasteiger partial charge in [0.2, 0.25) is 0 Å². The highest BCUT2D eigenvalue weighted by Gasteiger charge is 2.19. The first-order valence-corrected chi connectivity index (χ1v) is 10.3. The molecular weight excluding hydrogens is 278 g/mol. The summed E-state index contributed by atoms with van der Waals surface area (Å²) in [4.78, 5) is 2.71. The maximum atomic E-state index is 2.71. The number of hydrogen-bond donors (Lipinski definition) is 0. The van der Waals surface area contributed by atoms with E-state index in [-0.39, 0.29) is 0 Å². The topological polar surface area (TPSA) is 3.24 Å². The molecule has 23 heavy (non-hydrogen) atoms. The van der Waals surface area contributed by atoms with E-state index in [0.29, 0.717) is 5.41 Å². The van der Waals surface area contributed by atoms with Crippen LogP contribution in [-0.4, -0.2) is 24.5 Å². The summed E-state index contributed by atoms with van der Waals surface area (Å²) in [5, 5.41) is 0. The maximum Gasteiger partial charge on any atom is 0.00326 e. The molecular formula is C22H45N. The normalized spacial score (nSPS) is 14.0. The molecule has 0 amide bonds. The third-order valence-electron chi connectivity index (χ3n) is 5.03. The van der Waals surface area contributed by atoms with Crippen molar-refractivity contribution in [3.63, 3.8) is 0 Å². The lowest BCUT2D eigenvalue weighted by Crippen LogP contribution is -2.36. The predicted octanol–water partition coefficient (Wildman–Crippen LogP) is 7.08. The number of unbranched alkanes of at least 4 members (excludes halogenated alkanes) is 5. The maximum absolute atomic E-state index is 2.71. The van der Waals surface area contributed by atoms with Gasteiger partial charge in [-0.2, -0.15) is 0 Å². The Bertz CT molecular complexity index is 280. The molecule has 0 spiro atoms. The molecule has 1 nitrogen and oxygen atoms in total. The highest BCUT2D eigenvalue weighted by Crippen LogP contribution is 2.22. The van der Waals surface area contributed by atoms with Crippen molar-refractivity contribution in [2.24, 2.45) is 11.3 Å². The molecule has 0 saturated heterocycles. The van der Waals surface area contributed by atoms with E-state index in [4.69, 9.17) is 0 Å². The van der Waals surface area contributed by atoms with Gasteiger partial charge < -0.3 is 4.90 Å². The van der Waals surface area contributed by atoms with Gasteiger partial charge in [-0.25, -0.2) is 0 Å². The van der Waals surface area contributed by atoms with Crippen molar-refractivity contribution in [3.8, 4) is 0 Å². The first-order valence-electron chi connectivity index (χ1n) is 10.3. The van der Waals surface area contributed by atoms with Crippen LogP contribution in [0.25, 0.3) is 0 Å². The molecule has 0 bridgehead atoms. The quantitative estimate of drug-likeness (QED) is 0.230. The van der Waals surface area contributed by atoms with Gasteiger partial charge in [-0.3, -0.25) is 0 Å².